The maximum atomic E-state index is 13.6. The van der Waals surface area contributed by atoms with Crippen LogP contribution in [0, 0.1) is 0 Å². The van der Waals surface area contributed by atoms with Crippen LogP contribution in [-0.4, -0.2) is 29.6 Å². The van der Waals surface area contributed by atoms with E-state index in [1.807, 2.05) is 18.2 Å². The van der Waals surface area contributed by atoms with Crippen molar-refractivity contribution in [3.05, 3.63) is 58.6 Å². The monoisotopic (exact) mass is 477 g/mol. The molecule has 0 radical (unpaired) electrons. The van der Waals surface area contributed by atoms with Gasteiger partial charge in [-0.25, -0.2) is 4.79 Å². The molecule has 0 aromatic heterocycles. The molecule has 0 heterocycles. The summed E-state index contributed by atoms with van der Waals surface area (Å²) < 4.78 is 6.19. The molecule has 1 fully saturated rings. The highest BCUT2D eigenvalue weighted by Crippen LogP contribution is 2.31. The molecule has 3 amide bonds. The molecule has 2 aromatic carbocycles. The van der Waals surface area contributed by atoms with Crippen LogP contribution in [0.15, 0.2) is 48.5 Å². The number of hydrogen-bond donors (Lipinski definition) is 2. The third-order valence-corrected chi connectivity index (χ3v) is 6.26. The Balaban J connectivity index is 1.94. The van der Waals surface area contributed by atoms with E-state index in [2.05, 4.69) is 12.2 Å². The Hall–Kier alpha value is -2.44. The van der Waals surface area contributed by atoms with Gasteiger partial charge in [0.05, 0.1) is 6.54 Å². The summed E-state index contributed by atoms with van der Waals surface area (Å²) in [5.41, 5.74) is 4.33. The first-order chi connectivity index (χ1) is 15.1. The van der Waals surface area contributed by atoms with Gasteiger partial charge in [-0.15, -0.1) is 0 Å². The summed E-state index contributed by atoms with van der Waals surface area (Å²) >= 11 is 12.3. The predicted molar refractivity (Wildman–Crippen MR) is 128 cm³/mol. The molecule has 172 valence electrons. The predicted octanol–water partition coefficient (Wildman–Crippen LogP) is 5.56. The van der Waals surface area contributed by atoms with E-state index in [9.17, 15) is 9.59 Å². The zero-order valence-corrected chi connectivity index (χ0v) is 19.9. The zero-order chi connectivity index (χ0) is 23.4. The van der Waals surface area contributed by atoms with Crippen molar-refractivity contribution >= 4 is 40.8 Å². The van der Waals surface area contributed by atoms with E-state index >= 15 is 0 Å². The molecule has 1 saturated carbocycles. The highest BCUT2D eigenvalue weighted by molar-refractivity contribution is 6.35. The van der Waals surface area contributed by atoms with Crippen LogP contribution in [0.4, 0.5) is 10.5 Å². The number of urea groups is 1. The topological polar surface area (TPSA) is 84.7 Å². The van der Waals surface area contributed by atoms with Gasteiger partial charge in [-0.3, -0.25) is 9.69 Å². The molecular formula is C24H29Cl2N3O3. The van der Waals surface area contributed by atoms with E-state index in [4.69, 9.17) is 33.7 Å². The molecule has 0 bridgehead atoms. The molecule has 0 spiro atoms. The Labute approximate surface area is 199 Å². The lowest BCUT2D eigenvalue weighted by molar-refractivity contribution is -0.137. The standard InChI is InChI=1S/C24H29Cl2N3O3/c1-23(11-7-4-8-12-23)28-21(30)24(2,32-20-9-5-3-6-10-20)16-29(22(27)31)19-14-17(25)13-18(26)15-19/h3,5-6,9-10,13-15H,4,7-8,11-12,16H2,1-2H3,(H2,27,31)(H,28,30). The largest absolute Gasteiger partial charge is 0.476 e. The molecule has 0 saturated heterocycles. The van der Waals surface area contributed by atoms with Gasteiger partial charge in [0.2, 0.25) is 5.60 Å². The van der Waals surface area contributed by atoms with Gasteiger partial charge in [0.1, 0.15) is 5.75 Å². The second-order valence-corrected chi connectivity index (χ2v) is 9.65. The van der Waals surface area contributed by atoms with E-state index in [0.717, 1.165) is 32.1 Å². The van der Waals surface area contributed by atoms with Gasteiger partial charge < -0.3 is 15.8 Å². The Morgan fingerprint density at radius 1 is 1.09 bits per heavy atom. The Morgan fingerprint density at radius 2 is 1.69 bits per heavy atom. The SMILES string of the molecule is CC1(NC(=O)C(C)(CN(C(N)=O)c2cc(Cl)cc(Cl)c2)Oc2ccccc2)CCCCC1. The second kappa shape index (κ2) is 10.0. The number of carbonyl (C=O) groups is 2. The summed E-state index contributed by atoms with van der Waals surface area (Å²) in [5, 5.41) is 3.88. The van der Waals surface area contributed by atoms with Gasteiger partial charge in [0, 0.05) is 21.3 Å². The fourth-order valence-electron chi connectivity index (χ4n) is 4.06. The Bertz CT molecular complexity index is 944. The maximum absolute atomic E-state index is 13.6. The lowest BCUT2D eigenvalue weighted by Crippen LogP contribution is -2.62. The highest BCUT2D eigenvalue weighted by atomic mass is 35.5. The number of carbonyl (C=O) groups excluding carboxylic acids is 2. The average molecular weight is 478 g/mol. The molecule has 0 aliphatic heterocycles. The van der Waals surface area contributed by atoms with Crippen molar-refractivity contribution in [3.63, 3.8) is 0 Å². The van der Waals surface area contributed by atoms with E-state index < -0.39 is 11.6 Å². The number of amides is 3. The Kier molecular flexibility index (Phi) is 7.57. The number of nitrogens with two attached hydrogens (primary N) is 1. The van der Waals surface area contributed by atoms with Crippen LogP contribution in [0.3, 0.4) is 0 Å². The van der Waals surface area contributed by atoms with Gasteiger partial charge in [-0.1, -0.05) is 60.7 Å². The van der Waals surface area contributed by atoms with Crippen molar-refractivity contribution < 1.29 is 14.3 Å². The van der Waals surface area contributed by atoms with E-state index in [-0.39, 0.29) is 18.0 Å². The molecule has 3 rings (SSSR count). The third-order valence-electron chi connectivity index (χ3n) is 5.82. The van der Waals surface area contributed by atoms with Crippen LogP contribution in [0.2, 0.25) is 10.0 Å². The minimum absolute atomic E-state index is 0.129. The fourth-order valence-corrected chi connectivity index (χ4v) is 4.57. The first kappa shape index (κ1) is 24.2. The number of nitrogens with one attached hydrogen (secondary N) is 1. The molecule has 1 atom stereocenters. The number of anilines is 1. The van der Waals surface area contributed by atoms with Crippen LogP contribution >= 0.6 is 23.2 Å². The third kappa shape index (κ3) is 6.08. The molecule has 6 nitrogen and oxygen atoms in total. The zero-order valence-electron chi connectivity index (χ0n) is 18.4. The molecule has 3 N–H and O–H groups in total. The van der Waals surface area contributed by atoms with Crippen molar-refractivity contribution in [1.29, 1.82) is 0 Å². The van der Waals surface area contributed by atoms with Gasteiger partial charge >= 0.3 is 6.03 Å². The van der Waals surface area contributed by atoms with E-state index in [1.165, 1.54) is 4.90 Å². The summed E-state index contributed by atoms with van der Waals surface area (Å²) in [7, 11) is 0. The molecular weight excluding hydrogens is 449 g/mol. The summed E-state index contributed by atoms with van der Waals surface area (Å²) in [4.78, 5) is 27.3. The molecule has 1 aliphatic carbocycles. The lowest BCUT2D eigenvalue weighted by atomic mass is 9.82. The number of nitrogens with zero attached hydrogens (tertiary/aromatic N) is 1. The summed E-state index contributed by atoms with van der Waals surface area (Å²) in [6.45, 7) is 3.58. The quantitative estimate of drug-likeness (QED) is 0.547. The minimum atomic E-state index is -1.42. The number of para-hydroxylation sites is 1. The molecule has 2 aromatic rings. The van der Waals surface area contributed by atoms with Crippen LogP contribution in [0.1, 0.15) is 46.0 Å². The minimum Gasteiger partial charge on any atom is -0.476 e. The van der Waals surface area contributed by atoms with Crippen LogP contribution < -0.4 is 20.7 Å². The van der Waals surface area contributed by atoms with E-state index in [1.54, 1.807) is 37.3 Å². The lowest BCUT2D eigenvalue weighted by Gasteiger charge is -2.40. The van der Waals surface area contributed by atoms with Crippen LogP contribution in [0.25, 0.3) is 0 Å². The van der Waals surface area contributed by atoms with Crippen molar-refractivity contribution in [1.82, 2.24) is 5.32 Å². The molecule has 1 aliphatic rings. The smallest absolute Gasteiger partial charge is 0.319 e. The molecule has 1 unspecified atom stereocenters. The first-order valence-corrected chi connectivity index (χ1v) is 11.5. The van der Waals surface area contributed by atoms with E-state index in [0.29, 0.717) is 21.5 Å². The number of halogens is 2. The molecule has 32 heavy (non-hydrogen) atoms. The summed E-state index contributed by atoms with van der Waals surface area (Å²) in [6, 6.07) is 13.0. The number of primary amides is 1. The first-order valence-electron chi connectivity index (χ1n) is 10.7. The molecule has 8 heteroatoms. The number of hydrogen-bond acceptors (Lipinski definition) is 3. The summed E-state index contributed by atoms with van der Waals surface area (Å²) in [5.74, 6) is 0.192. The van der Waals surface area contributed by atoms with Crippen molar-refractivity contribution in [2.24, 2.45) is 5.73 Å². The van der Waals surface area contributed by atoms with Crippen molar-refractivity contribution in [3.8, 4) is 5.75 Å². The van der Waals surface area contributed by atoms with Gasteiger partial charge in [-0.2, -0.15) is 0 Å². The fraction of sp³-hybridized carbons (Fsp3) is 0.417. The van der Waals surface area contributed by atoms with Crippen molar-refractivity contribution in [2.75, 3.05) is 11.4 Å². The summed E-state index contributed by atoms with van der Waals surface area (Å²) in [6.07, 6.45) is 5.06. The number of benzene rings is 2. The van der Waals surface area contributed by atoms with Crippen molar-refractivity contribution in [2.45, 2.75) is 57.1 Å². The van der Waals surface area contributed by atoms with Gasteiger partial charge in [0.25, 0.3) is 5.91 Å². The second-order valence-electron chi connectivity index (χ2n) is 8.77. The average Bonchev–Trinajstić information content (AvgIpc) is 2.72. The number of ether oxygens (including phenoxy) is 1. The van der Waals surface area contributed by atoms with Crippen LogP contribution in [-0.2, 0) is 4.79 Å². The van der Waals surface area contributed by atoms with Gasteiger partial charge in [0.15, 0.2) is 0 Å². The van der Waals surface area contributed by atoms with Gasteiger partial charge in [-0.05, 0) is 57.0 Å². The highest BCUT2D eigenvalue weighted by Gasteiger charge is 2.42. The Morgan fingerprint density at radius 3 is 2.25 bits per heavy atom. The van der Waals surface area contributed by atoms with Crippen LogP contribution in [0.5, 0.6) is 5.75 Å². The normalized spacial score (nSPS) is 17.1. The maximum Gasteiger partial charge on any atom is 0.319 e. The number of rotatable bonds is 7.